The van der Waals surface area contributed by atoms with Crippen molar-refractivity contribution in [3.63, 3.8) is 0 Å². The van der Waals surface area contributed by atoms with E-state index in [2.05, 4.69) is 16.8 Å². The van der Waals surface area contributed by atoms with Gasteiger partial charge in [-0.25, -0.2) is 4.79 Å². The normalized spacial score (nSPS) is 29.9. The second-order valence-electron chi connectivity index (χ2n) is 6.69. The van der Waals surface area contributed by atoms with Gasteiger partial charge in [0.15, 0.2) is 0 Å². The van der Waals surface area contributed by atoms with Crippen LogP contribution >= 0.6 is 0 Å². The predicted octanol–water partition coefficient (Wildman–Crippen LogP) is 2.73. The third kappa shape index (κ3) is 5.61. The Labute approximate surface area is 133 Å². The lowest BCUT2D eigenvalue weighted by atomic mass is 9.83. The molecule has 1 heterocycles. The largest absolute Gasteiger partial charge is 0.465 e. The molecule has 3 atom stereocenters. The van der Waals surface area contributed by atoms with Crippen LogP contribution in [0.1, 0.15) is 38.5 Å². The topological polar surface area (TPSA) is 61.8 Å². The average Bonchev–Trinajstić information content (AvgIpc) is 2.49. The number of hydrogen-bond acceptors (Lipinski definition) is 3. The van der Waals surface area contributed by atoms with Gasteiger partial charge < -0.3 is 20.1 Å². The van der Waals surface area contributed by atoms with Crippen molar-refractivity contribution >= 4 is 6.09 Å². The lowest BCUT2D eigenvalue weighted by Gasteiger charge is -2.39. The summed E-state index contributed by atoms with van der Waals surface area (Å²) < 4.78 is 5.60. The van der Waals surface area contributed by atoms with Crippen LogP contribution in [0.2, 0.25) is 0 Å². The van der Waals surface area contributed by atoms with Gasteiger partial charge in [-0.1, -0.05) is 18.9 Å². The summed E-state index contributed by atoms with van der Waals surface area (Å²) >= 11 is 0. The second-order valence-corrected chi connectivity index (χ2v) is 6.69. The zero-order valence-electron chi connectivity index (χ0n) is 13.5. The van der Waals surface area contributed by atoms with Crippen molar-refractivity contribution in [2.45, 2.75) is 44.6 Å². The van der Waals surface area contributed by atoms with E-state index in [9.17, 15) is 4.79 Å². The van der Waals surface area contributed by atoms with Crippen LogP contribution in [0.3, 0.4) is 0 Å². The molecule has 1 saturated carbocycles. The Morgan fingerprint density at radius 1 is 1.32 bits per heavy atom. The molecule has 1 amide bonds. The number of amides is 1. The number of ether oxygens (including phenoxy) is 1. The summed E-state index contributed by atoms with van der Waals surface area (Å²) in [6.07, 6.45) is 7.84. The van der Waals surface area contributed by atoms with Crippen molar-refractivity contribution in [1.82, 2.24) is 10.2 Å². The molecule has 2 aliphatic rings. The smallest absolute Gasteiger partial charge is 0.404 e. The highest BCUT2D eigenvalue weighted by atomic mass is 16.5. The number of rotatable bonds is 7. The van der Waals surface area contributed by atoms with Crippen LogP contribution in [0.4, 0.5) is 4.79 Å². The summed E-state index contributed by atoms with van der Waals surface area (Å²) in [6, 6.07) is 0.128. The van der Waals surface area contributed by atoms with Crippen LogP contribution in [0.25, 0.3) is 0 Å². The molecule has 1 saturated heterocycles. The van der Waals surface area contributed by atoms with Crippen molar-refractivity contribution in [1.29, 1.82) is 0 Å². The SMILES string of the molecule is C=CCOC[C@H]1CCCN(CC2CCCCC2NC(=O)O)C1. The molecule has 0 bridgehead atoms. The number of nitrogens with zero attached hydrogens (tertiary/aromatic N) is 1. The molecule has 0 aromatic heterocycles. The monoisotopic (exact) mass is 310 g/mol. The van der Waals surface area contributed by atoms with Crippen molar-refractivity contribution < 1.29 is 14.6 Å². The number of likely N-dealkylation sites (tertiary alicyclic amines) is 1. The Kier molecular flexibility index (Phi) is 7.19. The van der Waals surface area contributed by atoms with Gasteiger partial charge in [-0.2, -0.15) is 0 Å². The summed E-state index contributed by atoms with van der Waals surface area (Å²) in [7, 11) is 0. The minimum atomic E-state index is -0.883. The summed E-state index contributed by atoms with van der Waals surface area (Å²) in [6.45, 7) is 8.34. The third-order valence-corrected chi connectivity index (χ3v) is 4.90. The number of hydrogen-bond donors (Lipinski definition) is 2. The van der Waals surface area contributed by atoms with E-state index in [1.807, 2.05) is 0 Å². The van der Waals surface area contributed by atoms with Crippen molar-refractivity contribution in [2.75, 3.05) is 32.8 Å². The van der Waals surface area contributed by atoms with Crippen LogP contribution in [-0.2, 0) is 4.74 Å². The lowest BCUT2D eigenvalue weighted by Crippen LogP contribution is -2.48. The molecule has 2 rings (SSSR count). The van der Waals surface area contributed by atoms with Crippen LogP contribution < -0.4 is 5.32 Å². The quantitative estimate of drug-likeness (QED) is 0.561. The zero-order chi connectivity index (χ0) is 15.8. The number of carboxylic acid groups (broad SMARTS) is 1. The van der Waals surface area contributed by atoms with E-state index in [0.29, 0.717) is 18.4 Å². The molecular weight excluding hydrogens is 280 g/mol. The van der Waals surface area contributed by atoms with Crippen molar-refractivity contribution in [3.05, 3.63) is 12.7 Å². The van der Waals surface area contributed by atoms with E-state index in [-0.39, 0.29) is 6.04 Å². The summed E-state index contributed by atoms with van der Waals surface area (Å²) in [4.78, 5) is 13.5. The first-order valence-electron chi connectivity index (χ1n) is 8.59. The summed E-state index contributed by atoms with van der Waals surface area (Å²) in [5.41, 5.74) is 0. The van der Waals surface area contributed by atoms with Crippen LogP contribution in [0, 0.1) is 11.8 Å². The first kappa shape index (κ1) is 17.3. The van der Waals surface area contributed by atoms with Gasteiger partial charge in [0, 0.05) is 19.1 Å². The molecule has 5 nitrogen and oxygen atoms in total. The molecule has 22 heavy (non-hydrogen) atoms. The molecule has 0 aromatic rings. The second kappa shape index (κ2) is 9.16. The van der Waals surface area contributed by atoms with E-state index in [4.69, 9.17) is 9.84 Å². The average molecular weight is 310 g/mol. The number of nitrogens with one attached hydrogen (secondary N) is 1. The van der Waals surface area contributed by atoms with Gasteiger partial charge in [-0.15, -0.1) is 6.58 Å². The van der Waals surface area contributed by atoms with Crippen molar-refractivity contribution in [2.24, 2.45) is 11.8 Å². The van der Waals surface area contributed by atoms with Gasteiger partial charge in [0.1, 0.15) is 0 Å². The van der Waals surface area contributed by atoms with Gasteiger partial charge in [-0.05, 0) is 44.1 Å². The highest BCUT2D eigenvalue weighted by molar-refractivity contribution is 5.64. The Bertz CT molecular complexity index is 362. The van der Waals surface area contributed by atoms with E-state index >= 15 is 0 Å². The Morgan fingerprint density at radius 2 is 2.14 bits per heavy atom. The van der Waals surface area contributed by atoms with Gasteiger partial charge in [0.05, 0.1) is 13.2 Å². The van der Waals surface area contributed by atoms with Crippen LogP contribution in [0.5, 0.6) is 0 Å². The fourth-order valence-electron chi connectivity index (χ4n) is 3.88. The molecule has 0 aromatic carbocycles. The van der Waals surface area contributed by atoms with Crippen molar-refractivity contribution in [3.8, 4) is 0 Å². The Balaban J connectivity index is 1.79. The van der Waals surface area contributed by atoms with Gasteiger partial charge in [-0.3, -0.25) is 0 Å². The van der Waals surface area contributed by atoms with E-state index in [1.165, 1.54) is 19.3 Å². The summed E-state index contributed by atoms with van der Waals surface area (Å²) in [5, 5.41) is 11.7. The standard InChI is InChI=1S/C17H30N2O3/c1-2-10-22-13-14-6-5-9-19(11-14)12-15-7-3-4-8-16(15)18-17(20)21/h2,14-16,18H,1,3-13H2,(H,20,21)/t14-,15?,16?/m0/s1. The fraction of sp³-hybridized carbons (Fsp3) is 0.824. The van der Waals surface area contributed by atoms with Gasteiger partial charge in [0.2, 0.25) is 0 Å². The van der Waals surface area contributed by atoms with Crippen LogP contribution in [-0.4, -0.2) is 55.0 Å². The van der Waals surface area contributed by atoms with E-state index < -0.39 is 6.09 Å². The van der Waals surface area contributed by atoms with E-state index in [0.717, 1.165) is 45.5 Å². The maximum atomic E-state index is 11.0. The molecule has 126 valence electrons. The molecular formula is C17H30N2O3. The maximum absolute atomic E-state index is 11.0. The zero-order valence-corrected chi connectivity index (χ0v) is 13.5. The number of carbonyl (C=O) groups is 1. The van der Waals surface area contributed by atoms with E-state index in [1.54, 1.807) is 6.08 Å². The number of piperidine rings is 1. The molecule has 0 spiro atoms. The first-order chi connectivity index (χ1) is 10.7. The minimum Gasteiger partial charge on any atom is -0.465 e. The molecule has 2 fully saturated rings. The molecule has 5 heteroatoms. The summed E-state index contributed by atoms with van der Waals surface area (Å²) in [5.74, 6) is 1.06. The van der Waals surface area contributed by atoms with Crippen LogP contribution in [0.15, 0.2) is 12.7 Å². The maximum Gasteiger partial charge on any atom is 0.404 e. The first-order valence-corrected chi connectivity index (χ1v) is 8.59. The highest BCUT2D eigenvalue weighted by Gasteiger charge is 2.29. The molecule has 1 aliphatic carbocycles. The minimum absolute atomic E-state index is 0.128. The van der Waals surface area contributed by atoms with Gasteiger partial charge in [0.25, 0.3) is 0 Å². The van der Waals surface area contributed by atoms with Gasteiger partial charge >= 0.3 is 6.09 Å². The highest BCUT2D eigenvalue weighted by Crippen LogP contribution is 2.27. The molecule has 0 radical (unpaired) electrons. The Morgan fingerprint density at radius 3 is 2.91 bits per heavy atom. The molecule has 1 aliphatic heterocycles. The predicted molar refractivity (Wildman–Crippen MR) is 87.1 cm³/mol. The molecule has 2 unspecified atom stereocenters. The Hall–Kier alpha value is -1.07. The fourth-order valence-corrected chi connectivity index (χ4v) is 3.88. The third-order valence-electron chi connectivity index (χ3n) is 4.90. The lowest BCUT2D eigenvalue weighted by molar-refractivity contribution is 0.0612. The molecule has 2 N–H and O–H groups in total.